The Morgan fingerprint density at radius 3 is 2.44 bits per heavy atom. The van der Waals surface area contributed by atoms with E-state index in [0.29, 0.717) is 11.4 Å². The van der Waals surface area contributed by atoms with Gasteiger partial charge in [-0.05, 0) is 60.2 Å². The van der Waals surface area contributed by atoms with Crippen molar-refractivity contribution in [3.8, 4) is 28.3 Å². The molecule has 0 atom stereocenters. The minimum Gasteiger partial charge on any atom is -0.496 e. The zero-order valence-electron chi connectivity index (χ0n) is 21.1. The Balaban J connectivity index is 0.00000253. The summed E-state index contributed by atoms with van der Waals surface area (Å²) < 4.78 is 11.1. The van der Waals surface area contributed by atoms with Crippen LogP contribution < -0.4 is 15.8 Å². The van der Waals surface area contributed by atoms with E-state index in [1.807, 2.05) is 61.5 Å². The summed E-state index contributed by atoms with van der Waals surface area (Å²) in [5.74, 6) is 1.59. The summed E-state index contributed by atoms with van der Waals surface area (Å²) in [6.07, 6.45) is 1.72. The molecule has 0 bridgehead atoms. The second-order valence-electron chi connectivity index (χ2n) is 9.56. The molecule has 3 N–H and O–H groups in total. The van der Waals surface area contributed by atoms with Gasteiger partial charge >= 0.3 is 6.03 Å². The number of urea groups is 1. The van der Waals surface area contributed by atoms with Crippen LogP contribution in [0, 0.1) is 5.41 Å². The summed E-state index contributed by atoms with van der Waals surface area (Å²) in [5, 5.41) is 9.06. The van der Waals surface area contributed by atoms with Crippen molar-refractivity contribution in [1.29, 1.82) is 0 Å². The van der Waals surface area contributed by atoms with Crippen molar-refractivity contribution in [2.24, 2.45) is 16.1 Å². The third kappa shape index (κ3) is 5.46. The van der Waals surface area contributed by atoms with E-state index in [0.717, 1.165) is 38.9 Å². The number of methoxy groups -OCH3 is 1. The number of amidine groups is 1. The summed E-state index contributed by atoms with van der Waals surface area (Å²) >= 11 is 0. The predicted octanol–water partition coefficient (Wildman–Crippen LogP) is 7.54. The number of fused-ring (bicyclic) bond motifs is 1. The van der Waals surface area contributed by atoms with Gasteiger partial charge in [0.05, 0.1) is 7.11 Å². The molecule has 0 aliphatic carbocycles. The van der Waals surface area contributed by atoms with E-state index in [1.54, 1.807) is 25.3 Å². The molecule has 1 heterocycles. The van der Waals surface area contributed by atoms with Crippen LogP contribution >= 0.6 is 0 Å². The van der Waals surface area contributed by atoms with Gasteiger partial charge in [-0.1, -0.05) is 55.8 Å². The maximum atomic E-state index is 12.3. The number of aliphatic imine (C=N–C) groups is 1. The first-order valence-electron chi connectivity index (χ1n) is 11.6. The van der Waals surface area contributed by atoms with Gasteiger partial charge in [0.15, 0.2) is 5.76 Å². The average Bonchev–Trinajstić information content (AvgIpc) is 3.33. The molecule has 0 aliphatic heterocycles. The number of anilines is 1. The molecule has 36 heavy (non-hydrogen) atoms. The molecule has 3 aromatic carbocycles. The van der Waals surface area contributed by atoms with E-state index < -0.39 is 6.03 Å². The summed E-state index contributed by atoms with van der Waals surface area (Å²) in [5.41, 5.74) is 10.0. The van der Waals surface area contributed by atoms with E-state index in [1.165, 1.54) is 0 Å². The number of carbonyl (C=O) groups excluding carboxylic acids is 1. The van der Waals surface area contributed by atoms with Gasteiger partial charge in [-0.15, -0.1) is 0 Å². The topological polar surface area (TPSA) is 103 Å². The lowest BCUT2D eigenvalue weighted by atomic mass is 9.87. The first kappa shape index (κ1) is 24.7. The van der Waals surface area contributed by atoms with E-state index in [-0.39, 0.29) is 14.1 Å². The van der Waals surface area contributed by atoms with Crippen LogP contribution in [-0.2, 0) is 0 Å². The fraction of sp³-hybridized carbons (Fsp3) is 0.207. The van der Waals surface area contributed by atoms with Crippen molar-refractivity contribution in [2.75, 3.05) is 12.4 Å². The normalized spacial score (nSPS) is 12.6. The number of hydrogen-bond acceptors (Lipinski definition) is 4. The Morgan fingerprint density at radius 2 is 1.78 bits per heavy atom. The van der Waals surface area contributed by atoms with E-state index in [2.05, 4.69) is 36.2 Å². The number of benzene rings is 3. The van der Waals surface area contributed by atoms with E-state index >= 15 is 0 Å². The van der Waals surface area contributed by atoms with Crippen LogP contribution in [0.4, 0.5) is 10.5 Å². The molecule has 0 saturated carbocycles. The first-order valence-corrected chi connectivity index (χ1v) is 11.6. The Bertz CT molecular complexity index is 1470. The monoisotopic (exact) mass is 486 g/mol. The number of nitrogens with zero attached hydrogens (tertiary/aromatic N) is 2. The molecule has 188 valence electrons. The number of amides is 2. The third-order valence-electron chi connectivity index (χ3n) is 6.09. The Labute approximate surface area is 213 Å². The van der Waals surface area contributed by atoms with Crippen LogP contribution in [-0.4, -0.2) is 24.1 Å². The molecule has 0 spiro atoms. The molecule has 0 aliphatic rings. The highest BCUT2D eigenvalue weighted by Gasteiger charge is 2.14. The highest BCUT2D eigenvalue weighted by atomic mass is 16.5. The lowest BCUT2D eigenvalue weighted by Gasteiger charge is -2.19. The molecule has 0 saturated heterocycles. The molecule has 7 heteroatoms. The van der Waals surface area contributed by atoms with Crippen LogP contribution in [0.15, 0.2) is 87.9 Å². The quantitative estimate of drug-likeness (QED) is 0.224. The Hall–Kier alpha value is -4.39. The van der Waals surface area contributed by atoms with Crippen molar-refractivity contribution in [3.63, 3.8) is 0 Å². The summed E-state index contributed by atoms with van der Waals surface area (Å²) in [6.45, 7) is 8.18. The second-order valence-corrected chi connectivity index (χ2v) is 9.56. The summed E-state index contributed by atoms with van der Waals surface area (Å²) in [7, 11) is 1.66. The molecular weight excluding hydrogens is 452 g/mol. The fourth-order valence-corrected chi connectivity index (χ4v) is 3.67. The molecule has 4 rings (SSSR count). The molecule has 2 amide bonds. The molecule has 1 aromatic heterocycles. The summed E-state index contributed by atoms with van der Waals surface area (Å²) in [6, 6.07) is 20.5. The standard InChI is InChI=1S/C29H30N4O3.2H2/c1-18(29(2,3)4)16-27(30)32-28(34)31-20-12-10-19(11-13-20)26-17-24(33-36-26)22-14-15-25(35-5)23-9-7-6-8-21(22)23;;/h6-17H,1-5H3,(H3,30,31,32,34);2*1H/b18-16+;;. The van der Waals surface area contributed by atoms with Crippen LogP contribution in [0.1, 0.15) is 30.5 Å². The van der Waals surface area contributed by atoms with Gasteiger partial charge < -0.3 is 20.3 Å². The lowest BCUT2D eigenvalue weighted by Crippen LogP contribution is -2.17. The van der Waals surface area contributed by atoms with Gasteiger partial charge in [-0.25, -0.2) is 4.79 Å². The SMILES string of the molecule is COc1ccc(-c2cc(-c3ccc(NC(=O)/N=C(N)\C=C(/C)C(C)(C)C)cc3)on2)c2ccccc12.[HH].[HH]. The Kier molecular flexibility index (Phi) is 6.92. The minimum atomic E-state index is -0.536. The second kappa shape index (κ2) is 10.1. The average molecular weight is 487 g/mol. The molecule has 0 fully saturated rings. The number of allylic oxidation sites excluding steroid dienone is 1. The highest BCUT2D eigenvalue weighted by molar-refractivity contribution is 6.04. The van der Waals surface area contributed by atoms with Crippen molar-refractivity contribution >= 4 is 28.3 Å². The van der Waals surface area contributed by atoms with Crippen LogP contribution in [0.2, 0.25) is 0 Å². The van der Waals surface area contributed by atoms with Crippen molar-refractivity contribution in [2.45, 2.75) is 27.7 Å². The zero-order valence-corrected chi connectivity index (χ0v) is 21.1. The van der Waals surface area contributed by atoms with Crippen molar-refractivity contribution < 1.29 is 16.9 Å². The minimum absolute atomic E-state index is 0. The van der Waals surface area contributed by atoms with Gasteiger partial charge in [-0.3, -0.25) is 0 Å². The van der Waals surface area contributed by atoms with Crippen molar-refractivity contribution in [3.05, 3.63) is 78.4 Å². The number of hydrogen-bond donors (Lipinski definition) is 2. The number of nitrogens with two attached hydrogens (primary N) is 1. The first-order chi connectivity index (χ1) is 17.2. The fourth-order valence-electron chi connectivity index (χ4n) is 3.67. The Morgan fingerprint density at radius 1 is 1.08 bits per heavy atom. The van der Waals surface area contributed by atoms with Gasteiger partial charge in [0.1, 0.15) is 17.3 Å². The third-order valence-corrected chi connectivity index (χ3v) is 6.09. The predicted molar refractivity (Wildman–Crippen MR) is 150 cm³/mol. The van der Waals surface area contributed by atoms with Crippen molar-refractivity contribution in [1.82, 2.24) is 5.16 Å². The maximum Gasteiger partial charge on any atom is 0.347 e. The van der Waals surface area contributed by atoms with E-state index in [9.17, 15) is 4.79 Å². The van der Waals surface area contributed by atoms with Crippen LogP contribution in [0.3, 0.4) is 0 Å². The molecule has 7 nitrogen and oxygen atoms in total. The van der Waals surface area contributed by atoms with Crippen LogP contribution in [0.25, 0.3) is 33.4 Å². The van der Waals surface area contributed by atoms with Gasteiger partial charge in [0.25, 0.3) is 0 Å². The largest absolute Gasteiger partial charge is 0.496 e. The molecule has 4 aromatic rings. The van der Waals surface area contributed by atoms with Crippen LogP contribution in [0.5, 0.6) is 5.75 Å². The molecule has 0 unspecified atom stereocenters. The number of rotatable bonds is 5. The number of aromatic nitrogens is 1. The van der Waals surface area contributed by atoms with Gasteiger partial charge in [0, 0.05) is 31.1 Å². The maximum absolute atomic E-state index is 12.3. The highest BCUT2D eigenvalue weighted by Crippen LogP contribution is 2.35. The number of nitrogens with one attached hydrogen (secondary N) is 1. The number of ether oxygens (including phenoxy) is 1. The molecule has 0 radical (unpaired) electrons. The molecular formula is C29H34N4O3. The van der Waals surface area contributed by atoms with Gasteiger partial charge in [0.2, 0.25) is 0 Å². The van der Waals surface area contributed by atoms with Gasteiger partial charge in [-0.2, -0.15) is 4.99 Å². The smallest absolute Gasteiger partial charge is 0.347 e. The lowest BCUT2D eigenvalue weighted by molar-refractivity contribution is 0.259. The zero-order chi connectivity index (χ0) is 25.9. The summed E-state index contributed by atoms with van der Waals surface area (Å²) in [4.78, 5) is 16.2. The number of carbonyl (C=O) groups is 1. The van der Waals surface area contributed by atoms with E-state index in [4.69, 9.17) is 15.0 Å².